The summed E-state index contributed by atoms with van der Waals surface area (Å²) >= 11 is 1.54. The van der Waals surface area contributed by atoms with E-state index in [1.54, 1.807) is 6.08 Å². The van der Waals surface area contributed by atoms with E-state index in [-0.39, 0.29) is 17.8 Å². The number of aliphatic hydroxyl groups is 1. The molecule has 1 aliphatic heterocycles. The van der Waals surface area contributed by atoms with E-state index in [9.17, 15) is 13.2 Å². The second kappa shape index (κ2) is 4.97. The molecule has 1 N–H and O–H groups in total. The lowest BCUT2D eigenvalue weighted by Crippen LogP contribution is -2.07. The molecular formula is C13H13F3OS. The van der Waals surface area contributed by atoms with Crippen molar-refractivity contribution in [3.05, 3.63) is 41.5 Å². The molecule has 98 valence electrons. The van der Waals surface area contributed by atoms with E-state index in [1.807, 2.05) is 13.0 Å². The van der Waals surface area contributed by atoms with Gasteiger partial charge in [-0.2, -0.15) is 13.2 Å². The van der Waals surface area contributed by atoms with Gasteiger partial charge in [-0.25, -0.2) is 0 Å². The summed E-state index contributed by atoms with van der Waals surface area (Å²) in [7, 11) is 0. The topological polar surface area (TPSA) is 20.2 Å². The molecule has 0 radical (unpaired) electrons. The van der Waals surface area contributed by atoms with Gasteiger partial charge in [-0.1, -0.05) is 19.1 Å². The van der Waals surface area contributed by atoms with Gasteiger partial charge in [0.1, 0.15) is 0 Å². The first-order valence-corrected chi connectivity index (χ1v) is 6.46. The zero-order chi connectivity index (χ0) is 13.3. The Morgan fingerprint density at radius 1 is 1.39 bits per heavy atom. The molecule has 1 heterocycles. The Hall–Kier alpha value is -0.940. The minimum Gasteiger partial charge on any atom is -0.392 e. The van der Waals surface area contributed by atoms with E-state index in [4.69, 9.17) is 5.11 Å². The normalized spacial score (nSPS) is 23.6. The lowest BCUT2D eigenvalue weighted by atomic mass is 9.96. The van der Waals surface area contributed by atoms with E-state index >= 15 is 0 Å². The van der Waals surface area contributed by atoms with E-state index in [1.165, 1.54) is 23.9 Å². The van der Waals surface area contributed by atoms with Gasteiger partial charge in [0.05, 0.1) is 12.2 Å². The molecule has 1 aromatic rings. The van der Waals surface area contributed by atoms with Crippen LogP contribution in [0.5, 0.6) is 0 Å². The summed E-state index contributed by atoms with van der Waals surface area (Å²) in [6, 6.07) is 3.89. The van der Waals surface area contributed by atoms with Gasteiger partial charge in [-0.05, 0) is 29.7 Å². The van der Waals surface area contributed by atoms with Crippen LogP contribution in [0.4, 0.5) is 13.2 Å². The fourth-order valence-corrected chi connectivity index (χ4v) is 3.38. The predicted octanol–water partition coefficient (Wildman–Crippen LogP) is 3.83. The smallest absolute Gasteiger partial charge is 0.392 e. The molecule has 0 aliphatic carbocycles. The third-order valence-corrected chi connectivity index (χ3v) is 4.48. The van der Waals surface area contributed by atoms with Gasteiger partial charge in [0, 0.05) is 10.1 Å². The summed E-state index contributed by atoms with van der Waals surface area (Å²) in [5.74, 6) is 0.0232. The minimum atomic E-state index is -4.29. The lowest BCUT2D eigenvalue weighted by molar-refractivity contribution is -0.137. The highest BCUT2D eigenvalue weighted by molar-refractivity contribution is 8.00. The fourth-order valence-electron chi connectivity index (χ4n) is 2.01. The molecule has 1 nitrogen and oxygen atoms in total. The van der Waals surface area contributed by atoms with Crippen molar-refractivity contribution in [1.29, 1.82) is 0 Å². The molecule has 1 aliphatic rings. The van der Waals surface area contributed by atoms with Gasteiger partial charge in [0.2, 0.25) is 0 Å². The number of hydrogen-bond donors (Lipinski definition) is 1. The van der Waals surface area contributed by atoms with Crippen molar-refractivity contribution in [2.24, 2.45) is 0 Å². The molecular weight excluding hydrogens is 261 g/mol. The molecule has 0 amide bonds. The standard InChI is InChI=1S/C13H13F3OS/c1-8-10-7-9(13(14,15)16)4-5-12(10)18-11(8)3-2-6-17/h2-5,7-8,11,17H,6H2,1H3/b3-2+. The molecule has 0 spiro atoms. The number of halogens is 3. The molecule has 0 saturated heterocycles. The van der Waals surface area contributed by atoms with Crippen LogP contribution < -0.4 is 0 Å². The zero-order valence-corrected chi connectivity index (χ0v) is 10.6. The first kappa shape index (κ1) is 13.5. The molecule has 0 aromatic heterocycles. The third kappa shape index (κ3) is 2.57. The largest absolute Gasteiger partial charge is 0.416 e. The second-order valence-corrected chi connectivity index (χ2v) is 5.45. The van der Waals surface area contributed by atoms with Crippen molar-refractivity contribution >= 4 is 11.8 Å². The maximum atomic E-state index is 12.6. The van der Waals surface area contributed by atoms with E-state index in [0.29, 0.717) is 0 Å². The molecule has 18 heavy (non-hydrogen) atoms. The van der Waals surface area contributed by atoms with Crippen LogP contribution in [0.15, 0.2) is 35.2 Å². The van der Waals surface area contributed by atoms with Gasteiger partial charge < -0.3 is 5.11 Å². The van der Waals surface area contributed by atoms with Gasteiger partial charge in [0.25, 0.3) is 0 Å². The van der Waals surface area contributed by atoms with Crippen LogP contribution in [0.3, 0.4) is 0 Å². The summed E-state index contributed by atoms with van der Waals surface area (Å²) in [4.78, 5) is 0.892. The van der Waals surface area contributed by atoms with Crippen LogP contribution >= 0.6 is 11.8 Å². The van der Waals surface area contributed by atoms with Gasteiger partial charge in [-0.15, -0.1) is 11.8 Å². The average Bonchev–Trinajstić information content (AvgIpc) is 2.62. The van der Waals surface area contributed by atoms with Crippen LogP contribution in [0.2, 0.25) is 0 Å². The maximum absolute atomic E-state index is 12.6. The van der Waals surface area contributed by atoms with Gasteiger partial charge >= 0.3 is 6.18 Å². The number of thioether (sulfide) groups is 1. The highest BCUT2D eigenvalue weighted by Crippen LogP contribution is 2.47. The number of rotatable bonds is 2. The third-order valence-electron chi connectivity index (χ3n) is 3.01. The predicted molar refractivity (Wildman–Crippen MR) is 65.7 cm³/mol. The number of fused-ring (bicyclic) bond motifs is 1. The molecule has 5 heteroatoms. The molecule has 2 atom stereocenters. The van der Waals surface area contributed by atoms with Crippen molar-refractivity contribution in [2.75, 3.05) is 6.61 Å². The monoisotopic (exact) mass is 274 g/mol. The molecule has 0 saturated carbocycles. The van der Waals surface area contributed by atoms with Crippen molar-refractivity contribution in [3.63, 3.8) is 0 Å². The van der Waals surface area contributed by atoms with Crippen molar-refractivity contribution < 1.29 is 18.3 Å². The first-order valence-electron chi connectivity index (χ1n) is 5.59. The Morgan fingerprint density at radius 2 is 2.11 bits per heavy atom. The van der Waals surface area contributed by atoms with Crippen LogP contribution in [-0.4, -0.2) is 17.0 Å². The van der Waals surface area contributed by atoms with E-state index < -0.39 is 11.7 Å². The summed E-state index contributed by atoms with van der Waals surface area (Å²) in [6.07, 6.45) is -0.814. The molecule has 2 unspecified atom stereocenters. The molecule has 0 bridgehead atoms. The summed E-state index contributed by atoms with van der Waals surface area (Å²) in [5, 5.41) is 8.83. The fraction of sp³-hybridized carbons (Fsp3) is 0.385. The Labute approximate surface area is 108 Å². The Bertz CT molecular complexity index is 468. The van der Waals surface area contributed by atoms with Crippen LogP contribution in [0.25, 0.3) is 0 Å². The summed E-state index contributed by atoms with van der Waals surface area (Å²) < 4.78 is 37.9. The Kier molecular flexibility index (Phi) is 3.73. The minimum absolute atomic E-state index is 0.0232. The average molecular weight is 274 g/mol. The summed E-state index contributed by atoms with van der Waals surface area (Å²) in [6.45, 7) is 1.86. The van der Waals surface area contributed by atoms with Crippen molar-refractivity contribution in [1.82, 2.24) is 0 Å². The number of alkyl halides is 3. The van der Waals surface area contributed by atoms with Crippen molar-refractivity contribution in [3.8, 4) is 0 Å². The zero-order valence-electron chi connectivity index (χ0n) is 9.74. The molecule has 2 rings (SSSR count). The van der Waals surface area contributed by atoms with Crippen LogP contribution in [0.1, 0.15) is 24.0 Å². The van der Waals surface area contributed by atoms with Gasteiger partial charge in [-0.3, -0.25) is 0 Å². The Balaban J connectivity index is 2.30. The number of hydrogen-bond acceptors (Lipinski definition) is 2. The molecule has 1 aromatic carbocycles. The van der Waals surface area contributed by atoms with Crippen molar-refractivity contribution in [2.45, 2.75) is 29.2 Å². The highest BCUT2D eigenvalue weighted by Gasteiger charge is 2.34. The van der Waals surface area contributed by atoms with E-state index in [0.717, 1.165) is 16.5 Å². The van der Waals surface area contributed by atoms with Gasteiger partial charge in [0.15, 0.2) is 0 Å². The van der Waals surface area contributed by atoms with Crippen LogP contribution in [0, 0.1) is 0 Å². The molecule has 0 fully saturated rings. The number of aliphatic hydroxyl groups excluding tert-OH is 1. The maximum Gasteiger partial charge on any atom is 0.416 e. The lowest BCUT2D eigenvalue weighted by Gasteiger charge is -2.12. The Morgan fingerprint density at radius 3 is 2.72 bits per heavy atom. The second-order valence-electron chi connectivity index (χ2n) is 4.23. The number of benzene rings is 1. The van der Waals surface area contributed by atoms with E-state index in [2.05, 4.69) is 0 Å². The summed E-state index contributed by atoms with van der Waals surface area (Å²) in [5.41, 5.74) is 0.142. The highest BCUT2D eigenvalue weighted by atomic mass is 32.2. The quantitative estimate of drug-likeness (QED) is 0.827. The first-order chi connectivity index (χ1) is 8.43. The SMILES string of the molecule is CC1c2cc(C(F)(F)F)ccc2SC1/C=C/CO. The van der Waals surface area contributed by atoms with Crippen LogP contribution in [-0.2, 0) is 6.18 Å².